The lowest BCUT2D eigenvalue weighted by molar-refractivity contribution is -0.190. The van der Waals surface area contributed by atoms with Gasteiger partial charge in [0.2, 0.25) is 5.60 Å². The molecule has 1 amide bonds. The Morgan fingerprint density at radius 2 is 2.03 bits per heavy atom. The lowest BCUT2D eigenvalue weighted by Gasteiger charge is -2.36. The zero-order valence-corrected chi connectivity index (χ0v) is 18.2. The molecule has 0 spiro atoms. The smallest absolute Gasteiger partial charge is 0.431 e. The molecule has 13 heteroatoms. The van der Waals surface area contributed by atoms with Crippen LogP contribution in [-0.2, 0) is 20.8 Å². The van der Waals surface area contributed by atoms with Crippen molar-refractivity contribution in [3.05, 3.63) is 50.2 Å². The van der Waals surface area contributed by atoms with Crippen molar-refractivity contribution in [2.24, 2.45) is 10.2 Å². The number of fused-ring (bicyclic) bond motifs is 1. The number of hydroxylamine groups is 1. The van der Waals surface area contributed by atoms with Crippen LogP contribution < -0.4 is 10.2 Å². The molecular formula is C19H25N7O6. The second-order valence-corrected chi connectivity index (χ2v) is 8.26. The van der Waals surface area contributed by atoms with Gasteiger partial charge in [-0.1, -0.05) is 22.4 Å². The Kier molecular flexibility index (Phi) is 7.77. The average Bonchev–Trinajstić information content (AvgIpc) is 2.72. The number of azide groups is 2. The van der Waals surface area contributed by atoms with Crippen molar-refractivity contribution in [3.63, 3.8) is 0 Å². The first kappa shape index (κ1) is 24.6. The summed E-state index contributed by atoms with van der Waals surface area (Å²) in [6, 6.07) is 4.35. The predicted molar refractivity (Wildman–Crippen MR) is 112 cm³/mol. The zero-order chi connectivity index (χ0) is 23.9. The van der Waals surface area contributed by atoms with Crippen LogP contribution in [0.1, 0.15) is 51.3 Å². The number of carbonyl (C=O) groups excluding carboxylic acids is 1. The lowest BCUT2D eigenvalue weighted by Crippen LogP contribution is -2.56. The van der Waals surface area contributed by atoms with Crippen LogP contribution in [0.4, 0.5) is 4.79 Å². The SMILES string of the molecule is CC(C)(C)OC(=O)NOC(C)(C(=O)O)C1CCc2cc(C(CN=[N+]=[N-])N=[N+]=[N-])ccc2O1. The molecule has 0 aromatic heterocycles. The summed E-state index contributed by atoms with van der Waals surface area (Å²) in [4.78, 5) is 34.5. The Bertz CT molecular complexity index is 965. The van der Waals surface area contributed by atoms with Gasteiger partial charge < -0.3 is 14.6 Å². The van der Waals surface area contributed by atoms with Gasteiger partial charge in [-0.2, -0.15) is 5.48 Å². The van der Waals surface area contributed by atoms with Crippen molar-refractivity contribution in [3.8, 4) is 5.75 Å². The van der Waals surface area contributed by atoms with Crippen molar-refractivity contribution in [2.45, 2.75) is 63.9 Å². The highest BCUT2D eigenvalue weighted by Crippen LogP contribution is 2.35. The van der Waals surface area contributed by atoms with Gasteiger partial charge in [0.15, 0.2) is 0 Å². The molecule has 1 aliphatic heterocycles. The number of hydrogen-bond donors (Lipinski definition) is 2. The summed E-state index contributed by atoms with van der Waals surface area (Å²) < 4.78 is 11.0. The molecule has 32 heavy (non-hydrogen) atoms. The topological polar surface area (TPSA) is 192 Å². The van der Waals surface area contributed by atoms with Gasteiger partial charge in [0.1, 0.15) is 17.5 Å². The number of benzene rings is 1. The third kappa shape index (κ3) is 6.17. The minimum Gasteiger partial charge on any atom is -0.486 e. The lowest BCUT2D eigenvalue weighted by atomic mass is 9.89. The van der Waals surface area contributed by atoms with E-state index in [-0.39, 0.29) is 13.0 Å². The maximum Gasteiger partial charge on any atom is 0.431 e. The molecule has 0 saturated carbocycles. The van der Waals surface area contributed by atoms with E-state index < -0.39 is 35.4 Å². The van der Waals surface area contributed by atoms with Crippen LogP contribution in [0.5, 0.6) is 5.75 Å². The molecule has 2 N–H and O–H groups in total. The van der Waals surface area contributed by atoms with Crippen LogP contribution >= 0.6 is 0 Å². The third-order valence-electron chi connectivity index (χ3n) is 4.71. The summed E-state index contributed by atoms with van der Waals surface area (Å²) in [7, 11) is 0. The summed E-state index contributed by atoms with van der Waals surface area (Å²) in [6.07, 6.45) is -1.12. The number of amides is 1. The highest BCUT2D eigenvalue weighted by atomic mass is 16.7. The van der Waals surface area contributed by atoms with E-state index in [2.05, 4.69) is 20.1 Å². The number of hydrogen-bond acceptors (Lipinski definition) is 7. The van der Waals surface area contributed by atoms with Gasteiger partial charge in [-0.3, -0.25) is 0 Å². The number of ether oxygens (including phenoxy) is 2. The average molecular weight is 447 g/mol. The maximum atomic E-state index is 12.0. The fourth-order valence-electron chi connectivity index (χ4n) is 3.08. The summed E-state index contributed by atoms with van der Waals surface area (Å²) in [5, 5.41) is 16.9. The van der Waals surface area contributed by atoms with E-state index in [1.165, 1.54) is 6.92 Å². The number of aliphatic carboxylic acids is 1. The highest BCUT2D eigenvalue weighted by Gasteiger charge is 2.47. The van der Waals surface area contributed by atoms with Crippen LogP contribution in [0, 0.1) is 0 Å². The Labute approximate surface area is 183 Å². The van der Waals surface area contributed by atoms with E-state index in [0.29, 0.717) is 17.7 Å². The minimum absolute atomic E-state index is 0.0376. The van der Waals surface area contributed by atoms with Crippen LogP contribution in [0.3, 0.4) is 0 Å². The van der Waals surface area contributed by atoms with E-state index in [1.807, 2.05) is 5.48 Å². The molecule has 172 valence electrons. The summed E-state index contributed by atoms with van der Waals surface area (Å²) >= 11 is 0. The number of nitrogens with one attached hydrogen (secondary N) is 1. The Morgan fingerprint density at radius 1 is 1.31 bits per heavy atom. The first-order valence-electron chi connectivity index (χ1n) is 9.75. The summed E-state index contributed by atoms with van der Waals surface area (Å²) in [5.41, 5.74) is 18.0. The molecule has 1 aliphatic rings. The van der Waals surface area contributed by atoms with Crippen LogP contribution in [0.25, 0.3) is 20.9 Å². The second kappa shape index (κ2) is 10.1. The summed E-state index contributed by atoms with van der Waals surface area (Å²) in [5.74, 6) is -0.891. The molecular weight excluding hydrogens is 422 g/mol. The molecule has 0 bridgehead atoms. The Morgan fingerprint density at radius 3 is 2.62 bits per heavy atom. The highest BCUT2D eigenvalue weighted by molar-refractivity contribution is 5.78. The van der Waals surface area contributed by atoms with Gasteiger partial charge in [-0.05, 0) is 68.8 Å². The number of rotatable bonds is 8. The van der Waals surface area contributed by atoms with Crippen LogP contribution in [-0.4, -0.2) is 41.0 Å². The fourth-order valence-corrected chi connectivity index (χ4v) is 3.08. The molecule has 3 atom stereocenters. The molecule has 0 aliphatic carbocycles. The van der Waals surface area contributed by atoms with E-state index in [1.54, 1.807) is 39.0 Å². The Hall–Kier alpha value is -3.66. The number of carboxylic acids is 1. The van der Waals surface area contributed by atoms with Crippen LogP contribution in [0.15, 0.2) is 28.4 Å². The van der Waals surface area contributed by atoms with E-state index in [0.717, 1.165) is 5.56 Å². The molecule has 0 saturated heterocycles. The van der Waals surface area contributed by atoms with Gasteiger partial charge in [-0.25, -0.2) is 14.4 Å². The van der Waals surface area contributed by atoms with Crippen molar-refractivity contribution in [1.29, 1.82) is 0 Å². The van der Waals surface area contributed by atoms with Gasteiger partial charge in [0, 0.05) is 16.4 Å². The van der Waals surface area contributed by atoms with E-state index in [4.69, 9.17) is 25.4 Å². The van der Waals surface area contributed by atoms with Crippen molar-refractivity contribution in [2.75, 3.05) is 6.54 Å². The first-order chi connectivity index (χ1) is 15.0. The minimum atomic E-state index is -1.89. The van der Waals surface area contributed by atoms with E-state index >= 15 is 0 Å². The van der Waals surface area contributed by atoms with Crippen molar-refractivity contribution < 1.29 is 29.0 Å². The number of carbonyl (C=O) groups is 2. The van der Waals surface area contributed by atoms with E-state index in [9.17, 15) is 14.7 Å². The molecule has 0 radical (unpaired) electrons. The van der Waals surface area contributed by atoms with Gasteiger partial charge in [0.25, 0.3) is 0 Å². The standard InChI is InChI=1S/C19H25N7O6/c1-18(2,3)31-17(29)24-32-19(4,16(27)28)15-8-6-12-9-11(5-7-14(12)30-15)13(23-26-21)10-22-25-20/h5,7,9,13,15H,6,8,10H2,1-4H3,(H,24,29)(H,27,28). The molecule has 1 aromatic rings. The molecule has 3 unspecified atom stereocenters. The van der Waals surface area contributed by atoms with Gasteiger partial charge in [0.05, 0.1) is 6.04 Å². The molecule has 2 rings (SSSR count). The first-order valence-corrected chi connectivity index (χ1v) is 9.75. The normalized spacial score (nSPS) is 17.8. The van der Waals surface area contributed by atoms with Crippen molar-refractivity contribution >= 4 is 12.1 Å². The molecule has 1 heterocycles. The monoisotopic (exact) mass is 447 g/mol. The number of aryl methyl sites for hydroxylation is 1. The van der Waals surface area contributed by atoms with Gasteiger partial charge in [-0.15, -0.1) is 0 Å². The van der Waals surface area contributed by atoms with Gasteiger partial charge >= 0.3 is 12.1 Å². The fraction of sp³-hybridized carbons (Fsp3) is 0.579. The van der Waals surface area contributed by atoms with Crippen molar-refractivity contribution in [1.82, 2.24) is 5.48 Å². The second-order valence-electron chi connectivity index (χ2n) is 8.26. The molecule has 13 nitrogen and oxygen atoms in total. The molecule has 0 fully saturated rings. The zero-order valence-electron chi connectivity index (χ0n) is 18.2. The molecule has 1 aromatic carbocycles. The largest absolute Gasteiger partial charge is 0.486 e. The predicted octanol–water partition coefficient (Wildman–Crippen LogP) is 4.34. The third-order valence-corrected chi connectivity index (χ3v) is 4.71. The van der Waals surface area contributed by atoms with Crippen LogP contribution in [0.2, 0.25) is 0 Å². The number of carboxylic acid groups (broad SMARTS) is 1. The quantitative estimate of drug-likeness (QED) is 0.257. The maximum absolute atomic E-state index is 12.0. The number of nitrogens with zero attached hydrogens (tertiary/aromatic N) is 6. The summed E-state index contributed by atoms with van der Waals surface area (Å²) in [6.45, 7) is 6.26. The Balaban J connectivity index is 2.18.